The third-order valence-corrected chi connectivity index (χ3v) is 3.89. The van der Waals surface area contributed by atoms with Gasteiger partial charge in [0.05, 0.1) is 6.54 Å². The van der Waals surface area contributed by atoms with Gasteiger partial charge < -0.3 is 20.3 Å². The van der Waals surface area contributed by atoms with E-state index in [9.17, 15) is 0 Å². The lowest BCUT2D eigenvalue weighted by Crippen LogP contribution is -2.47. The number of methoxy groups -OCH3 is 1. The Labute approximate surface area is 167 Å². The molecular weight excluding hydrogens is 433 g/mol. The van der Waals surface area contributed by atoms with Crippen molar-refractivity contribution in [2.75, 3.05) is 40.8 Å². The van der Waals surface area contributed by atoms with Gasteiger partial charge in [0.1, 0.15) is 12.4 Å². The highest BCUT2D eigenvalue weighted by molar-refractivity contribution is 14.0. The fraction of sp³-hybridized carbons (Fsp3) is 0.812. The molecular formula is C16H32IN7O. The first kappa shape index (κ1) is 22.1. The highest BCUT2D eigenvalue weighted by Crippen LogP contribution is 2.13. The molecule has 8 nitrogen and oxygen atoms in total. The molecule has 0 radical (unpaired) electrons. The zero-order chi connectivity index (χ0) is 17.4. The fourth-order valence-electron chi connectivity index (χ4n) is 2.76. The van der Waals surface area contributed by atoms with Gasteiger partial charge in [-0.05, 0) is 40.4 Å². The van der Waals surface area contributed by atoms with Gasteiger partial charge in [-0.15, -0.1) is 24.0 Å². The number of aliphatic imine (C=N–C) groups is 1. The van der Waals surface area contributed by atoms with E-state index in [1.54, 1.807) is 7.11 Å². The van der Waals surface area contributed by atoms with Crippen molar-refractivity contribution >= 4 is 29.9 Å². The Kier molecular flexibility index (Phi) is 10.3. The number of nitrogens with zero attached hydrogens (tertiary/aromatic N) is 5. The lowest BCUT2D eigenvalue weighted by molar-refractivity contribution is 0.177. The second kappa shape index (κ2) is 11.6. The molecule has 144 valence electrons. The summed E-state index contributed by atoms with van der Waals surface area (Å²) in [5.74, 6) is 2.70. The van der Waals surface area contributed by atoms with E-state index in [1.165, 1.54) is 0 Å². The molecule has 0 saturated carbocycles. The molecule has 2 N–H and O–H groups in total. The summed E-state index contributed by atoms with van der Waals surface area (Å²) in [4.78, 5) is 11.4. The number of rotatable bonds is 8. The first-order valence-electron chi connectivity index (χ1n) is 8.73. The van der Waals surface area contributed by atoms with Crippen LogP contribution in [0.2, 0.25) is 0 Å². The number of ether oxygens (including phenoxy) is 1. The predicted octanol–water partition coefficient (Wildman–Crippen LogP) is 0.864. The van der Waals surface area contributed by atoms with Crippen LogP contribution in [0.5, 0.6) is 0 Å². The third-order valence-electron chi connectivity index (χ3n) is 3.89. The maximum Gasteiger partial charge on any atom is 0.191 e. The maximum absolute atomic E-state index is 5.11. The van der Waals surface area contributed by atoms with Crippen LogP contribution in [0.1, 0.15) is 31.4 Å². The SMILES string of the molecule is CCNC(=NCCCN(C)C)NC1CCc2nc(COC)nn2C1.I. The van der Waals surface area contributed by atoms with Gasteiger partial charge in [-0.25, -0.2) is 9.67 Å². The minimum absolute atomic E-state index is 0. The van der Waals surface area contributed by atoms with Crippen molar-refractivity contribution in [2.45, 2.75) is 45.4 Å². The minimum atomic E-state index is 0. The summed E-state index contributed by atoms with van der Waals surface area (Å²) in [5, 5.41) is 11.4. The van der Waals surface area contributed by atoms with E-state index in [0.717, 1.165) is 63.0 Å². The Balaban J connectivity index is 0.00000312. The molecule has 0 aromatic carbocycles. The average Bonchev–Trinajstić information content (AvgIpc) is 2.93. The van der Waals surface area contributed by atoms with E-state index in [1.807, 2.05) is 4.68 Å². The zero-order valence-electron chi connectivity index (χ0n) is 15.8. The van der Waals surface area contributed by atoms with Crippen LogP contribution in [0.3, 0.4) is 0 Å². The van der Waals surface area contributed by atoms with E-state index in [4.69, 9.17) is 4.74 Å². The molecule has 0 aliphatic carbocycles. The van der Waals surface area contributed by atoms with Crippen LogP contribution in [-0.2, 0) is 24.3 Å². The Hall–Kier alpha value is -0.940. The quantitative estimate of drug-likeness (QED) is 0.257. The van der Waals surface area contributed by atoms with E-state index in [0.29, 0.717) is 12.6 Å². The van der Waals surface area contributed by atoms with Gasteiger partial charge in [0, 0.05) is 32.7 Å². The summed E-state index contributed by atoms with van der Waals surface area (Å²) in [6.45, 7) is 6.11. The second-order valence-electron chi connectivity index (χ2n) is 6.36. The molecule has 1 aromatic rings. The molecule has 1 aromatic heterocycles. The number of aryl methyl sites for hydroxylation is 1. The topological polar surface area (TPSA) is 79.6 Å². The molecule has 2 heterocycles. The molecule has 0 spiro atoms. The largest absolute Gasteiger partial charge is 0.377 e. The van der Waals surface area contributed by atoms with Crippen LogP contribution in [0.25, 0.3) is 0 Å². The lowest BCUT2D eigenvalue weighted by Gasteiger charge is -2.25. The van der Waals surface area contributed by atoms with Crippen LogP contribution in [-0.4, -0.2) is 72.5 Å². The predicted molar refractivity (Wildman–Crippen MR) is 111 cm³/mol. The van der Waals surface area contributed by atoms with Gasteiger partial charge in [0.15, 0.2) is 11.8 Å². The molecule has 0 amide bonds. The highest BCUT2D eigenvalue weighted by atomic mass is 127. The molecule has 1 aliphatic rings. The summed E-state index contributed by atoms with van der Waals surface area (Å²) in [6, 6.07) is 0.321. The van der Waals surface area contributed by atoms with Gasteiger partial charge >= 0.3 is 0 Å². The van der Waals surface area contributed by atoms with E-state index in [-0.39, 0.29) is 24.0 Å². The number of guanidine groups is 1. The summed E-state index contributed by atoms with van der Waals surface area (Å²) >= 11 is 0. The van der Waals surface area contributed by atoms with Crippen molar-refractivity contribution < 1.29 is 4.74 Å². The molecule has 0 saturated heterocycles. The van der Waals surface area contributed by atoms with Gasteiger partial charge in [-0.1, -0.05) is 0 Å². The molecule has 2 rings (SSSR count). The Bertz CT molecular complexity index is 533. The Morgan fingerprint density at radius 2 is 2.24 bits per heavy atom. The minimum Gasteiger partial charge on any atom is -0.377 e. The summed E-state index contributed by atoms with van der Waals surface area (Å²) in [7, 11) is 5.84. The number of nitrogens with one attached hydrogen (secondary N) is 2. The summed E-state index contributed by atoms with van der Waals surface area (Å²) < 4.78 is 7.11. The highest BCUT2D eigenvalue weighted by Gasteiger charge is 2.22. The average molecular weight is 465 g/mol. The molecule has 0 fully saturated rings. The number of fused-ring (bicyclic) bond motifs is 1. The Morgan fingerprint density at radius 1 is 1.44 bits per heavy atom. The van der Waals surface area contributed by atoms with Gasteiger partial charge in [-0.2, -0.15) is 5.10 Å². The molecule has 1 unspecified atom stereocenters. The third kappa shape index (κ3) is 7.45. The van der Waals surface area contributed by atoms with Crippen molar-refractivity contribution in [2.24, 2.45) is 4.99 Å². The number of aromatic nitrogens is 3. The monoisotopic (exact) mass is 465 g/mol. The second-order valence-corrected chi connectivity index (χ2v) is 6.36. The van der Waals surface area contributed by atoms with Crippen molar-refractivity contribution in [1.82, 2.24) is 30.3 Å². The first-order chi connectivity index (χ1) is 11.6. The van der Waals surface area contributed by atoms with E-state index < -0.39 is 0 Å². The van der Waals surface area contributed by atoms with Gasteiger partial charge in [0.2, 0.25) is 0 Å². The van der Waals surface area contributed by atoms with E-state index >= 15 is 0 Å². The van der Waals surface area contributed by atoms with Crippen LogP contribution in [0, 0.1) is 0 Å². The summed E-state index contributed by atoms with van der Waals surface area (Å²) in [6.07, 6.45) is 3.02. The van der Waals surface area contributed by atoms with Crippen LogP contribution in [0.15, 0.2) is 4.99 Å². The van der Waals surface area contributed by atoms with Gasteiger partial charge in [0.25, 0.3) is 0 Å². The molecule has 0 bridgehead atoms. The molecule has 25 heavy (non-hydrogen) atoms. The maximum atomic E-state index is 5.11. The number of hydrogen-bond donors (Lipinski definition) is 2. The molecule has 1 atom stereocenters. The normalized spacial score (nSPS) is 17.2. The van der Waals surface area contributed by atoms with Gasteiger partial charge in [-0.3, -0.25) is 4.99 Å². The number of halogens is 1. The Morgan fingerprint density at radius 3 is 2.92 bits per heavy atom. The fourth-order valence-corrected chi connectivity index (χ4v) is 2.76. The first-order valence-corrected chi connectivity index (χ1v) is 8.73. The lowest BCUT2D eigenvalue weighted by atomic mass is 10.1. The smallest absolute Gasteiger partial charge is 0.191 e. The van der Waals surface area contributed by atoms with Crippen LogP contribution in [0.4, 0.5) is 0 Å². The van der Waals surface area contributed by atoms with E-state index in [2.05, 4.69) is 51.6 Å². The van der Waals surface area contributed by atoms with Crippen molar-refractivity contribution in [3.8, 4) is 0 Å². The number of hydrogen-bond acceptors (Lipinski definition) is 5. The van der Waals surface area contributed by atoms with Crippen LogP contribution < -0.4 is 10.6 Å². The molecule has 1 aliphatic heterocycles. The van der Waals surface area contributed by atoms with Crippen molar-refractivity contribution in [3.63, 3.8) is 0 Å². The summed E-state index contributed by atoms with van der Waals surface area (Å²) in [5.41, 5.74) is 0. The standard InChI is InChI=1S/C16H31N7O.HI/c1-5-17-16(18-9-6-10-22(2)3)19-13-7-8-15-20-14(12-24-4)21-23(15)11-13;/h13H,5-12H2,1-4H3,(H2,17,18,19);1H. The zero-order valence-corrected chi connectivity index (χ0v) is 18.1. The molecule has 9 heteroatoms. The van der Waals surface area contributed by atoms with Crippen LogP contribution >= 0.6 is 24.0 Å². The van der Waals surface area contributed by atoms with Crippen molar-refractivity contribution in [1.29, 1.82) is 0 Å². The van der Waals surface area contributed by atoms with Crippen molar-refractivity contribution in [3.05, 3.63) is 11.6 Å².